The summed E-state index contributed by atoms with van der Waals surface area (Å²) in [6.45, 7) is 4.65. The normalized spacial score (nSPS) is 13.2. The molecule has 7 aromatic rings. The summed E-state index contributed by atoms with van der Waals surface area (Å²) in [6.07, 6.45) is 0. The smallest absolute Gasteiger partial charge is 0.0387 e. The van der Waals surface area contributed by atoms with Crippen LogP contribution in [0.25, 0.3) is 54.9 Å². The van der Waals surface area contributed by atoms with E-state index in [0.717, 1.165) is 11.4 Å². The first-order valence-corrected chi connectivity index (χ1v) is 14.7. The van der Waals surface area contributed by atoms with Gasteiger partial charge in [-0.1, -0.05) is 123 Å². The molecule has 200 valence electrons. The topological polar surface area (TPSA) is 12.0 Å². The van der Waals surface area contributed by atoms with Crippen LogP contribution in [0.3, 0.4) is 0 Å². The molecule has 0 aliphatic heterocycles. The van der Waals surface area contributed by atoms with Crippen LogP contribution < -0.4 is 5.32 Å². The van der Waals surface area contributed by atoms with Crippen molar-refractivity contribution in [1.82, 2.24) is 0 Å². The molecule has 0 atom stereocenters. The largest absolute Gasteiger partial charge is 0.356 e. The summed E-state index contributed by atoms with van der Waals surface area (Å²) in [7, 11) is 0. The first-order valence-electron chi connectivity index (χ1n) is 14.7. The van der Waals surface area contributed by atoms with Crippen LogP contribution in [0.5, 0.6) is 0 Å². The van der Waals surface area contributed by atoms with Crippen LogP contribution in [-0.2, 0) is 5.41 Å². The predicted molar refractivity (Wildman–Crippen MR) is 180 cm³/mol. The van der Waals surface area contributed by atoms with E-state index in [1.807, 2.05) is 0 Å². The Bertz CT molecular complexity index is 2130. The van der Waals surface area contributed by atoms with Crippen molar-refractivity contribution in [1.29, 1.82) is 0 Å². The van der Waals surface area contributed by atoms with Crippen LogP contribution in [0.1, 0.15) is 25.0 Å². The summed E-state index contributed by atoms with van der Waals surface area (Å²) in [5.41, 5.74) is 12.6. The van der Waals surface area contributed by atoms with Crippen LogP contribution in [0.2, 0.25) is 0 Å². The molecule has 1 N–H and O–H groups in total. The quantitative estimate of drug-likeness (QED) is 0.235. The summed E-state index contributed by atoms with van der Waals surface area (Å²) < 4.78 is 0. The molecular formula is C41H31N. The maximum absolute atomic E-state index is 3.66. The molecule has 0 radical (unpaired) electrons. The standard InChI is InChI=1S/C41H31N/c1-41(2)39-17-8-7-15-36(39)37-23-22-32(26-40(37)41)42-31-20-18-27(19-21-31)30-24-29-11-4-6-14-34(29)38(25-30)35-16-9-12-28-10-3-5-13-33(28)35/h3-26,42H,1-2H3. The molecule has 0 saturated heterocycles. The summed E-state index contributed by atoms with van der Waals surface area (Å²) in [4.78, 5) is 0. The average molecular weight is 538 g/mol. The Morgan fingerprint density at radius 3 is 1.86 bits per heavy atom. The molecule has 42 heavy (non-hydrogen) atoms. The highest BCUT2D eigenvalue weighted by Gasteiger charge is 2.35. The third-order valence-electron chi connectivity index (χ3n) is 9.03. The van der Waals surface area contributed by atoms with E-state index in [-0.39, 0.29) is 5.41 Å². The van der Waals surface area contributed by atoms with Crippen molar-refractivity contribution in [2.24, 2.45) is 0 Å². The van der Waals surface area contributed by atoms with Gasteiger partial charge in [-0.2, -0.15) is 0 Å². The van der Waals surface area contributed by atoms with Gasteiger partial charge in [-0.3, -0.25) is 0 Å². The molecule has 8 rings (SSSR count). The van der Waals surface area contributed by atoms with E-state index in [9.17, 15) is 0 Å². The Labute approximate surface area is 247 Å². The zero-order chi connectivity index (χ0) is 28.3. The van der Waals surface area contributed by atoms with Crippen LogP contribution in [0.4, 0.5) is 11.4 Å². The SMILES string of the molecule is CC1(C)c2ccccc2-c2ccc(Nc3ccc(-c4cc(-c5cccc6ccccc56)c5ccccc5c4)cc3)cc21. The van der Waals surface area contributed by atoms with Crippen molar-refractivity contribution in [3.63, 3.8) is 0 Å². The van der Waals surface area contributed by atoms with Crippen LogP contribution in [0, 0.1) is 0 Å². The van der Waals surface area contributed by atoms with E-state index in [2.05, 4.69) is 165 Å². The molecule has 1 aliphatic rings. The maximum Gasteiger partial charge on any atom is 0.0387 e. The second kappa shape index (κ2) is 9.46. The summed E-state index contributed by atoms with van der Waals surface area (Å²) in [5, 5.41) is 8.73. The van der Waals surface area contributed by atoms with Gasteiger partial charge in [-0.05, 0) is 102 Å². The Morgan fingerprint density at radius 1 is 0.405 bits per heavy atom. The van der Waals surface area contributed by atoms with Gasteiger partial charge in [0.05, 0.1) is 0 Å². The highest BCUT2D eigenvalue weighted by molar-refractivity contribution is 6.07. The van der Waals surface area contributed by atoms with Crippen LogP contribution >= 0.6 is 0 Å². The molecule has 0 heterocycles. The number of anilines is 2. The van der Waals surface area contributed by atoms with E-state index in [4.69, 9.17) is 0 Å². The van der Waals surface area contributed by atoms with Crippen molar-refractivity contribution < 1.29 is 0 Å². The minimum Gasteiger partial charge on any atom is -0.356 e. The molecule has 0 fully saturated rings. The molecule has 1 heteroatoms. The lowest BCUT2D eigenvalue weighted by atomic mass is 9.82. The zero-order valence-electron chi connectivity index (χ0n) is 23.9. The molecule has 0 amide bonds. The Hall–Kier alpha value is -5.14. The van der Waals surface area contributed by atoms with Crippen molar-refractivity contribution in [3.05, 3.63) is 157 Å². The predicted octanol–water partition coefficient (Wildman–Crippen LogP) is 11.4. The van der Waals surface area contributed by atoms with Gasteiger partial charge in [0.1, 0.15) is 0 Å². The van der Waals surface area contributed by atoms with E-state index in [0.29, 0.717) is 0 Å². The van der Waals surface area contributed by atoms with E-state index in [1.54, 1.807) is 0 Å². The van der Waals surface area contributed by atoms with Gasteiger partial charge >= 0.3 is 0 Å². The number of hydrogen-bond donors (Lipinski definition) is 1. The Morgan fingerprint density at radius 2 is 1.02 bits per heavy atom. The molecular weight excluding hydrogens is 506 g/mol. The lowest BCUT2D eigenvalue weighted by Gasteiger charge is -2.22. The van der Waals surface area contributed by atoms with Gasteiger partial charge in [0, 0.05) is 16.8 Å². The summed E-state index contributed by atoms with van der Waals surface area (Å²) in [5.74, 6) is 0. The fraction of sp³-hybridized carbons (Fsp3) is 0.0732. The molecule has 7 aromatic carbocycles. The van der Waals surface area contributed by atoms with Gasteiger partial charge in [0.2, 0.25) is 0 Å². The van der Waals surface area contributed by atoms with Crippen molar-refractivity contribution in [2.75, 3.05) is 5.32 Å². The summed E-state index contributed by atoms with van der Waals surface area (Å²) in [6, 6.07) is 53.1. The average Bonchev–Trinajstić information content (AvgIpc) is 3.26. The number of nitrogens with one attached hydrogen (secondary N) is 1. The van der Waals surface area contributed by atoms with Gasteiger partial charge in [0.25, 0.3) is 0 Å². The second-order valence-corrected chi connectivity index (χ2v) is 11.9. The van der Waals surface area contributed by atoms with Gasteiger partial charge < -0.3 is 5.32 Å². The van der Waals surface area contributed by atoms with E-state index in [1.165, 1.54) is 66.1 Å². The van der Waals surface area contributed by atoms with Crippen molar-refractivity contribution in [3.8, 4) is 33.4 Å². The van der Waals surface area contributed by atoms with E-state index < -0.39 is 0 Å². The fourth-order valence-corrected chi connectivity index (χ4v) is 6.86. The Kier molecular flexibility index (Phi) is 5.55. The lowest BCUT2D eigenvalue weighted by molar-refractivity contribution is 0.660. The summed E-state index contributed by atoms with van der Waals surface area (Å²) >= 11 is 0. The van der Waals surface area contributed by atoms with Gasteiger partial charge in [-0.15, -0.1) is 0 Å². The molecule has 0 unspecified atom stereocenters. The number of fused-ring (bicyclic) bond motifs is 5. The molecule has 1 nitrogen and oxygen atoms in total. The molecule has 0 bridgehead atoms. The second-order valence-electron chi connectivity index (χ2n) is 11.9. The Balaban J connectivity index is 1.15. The minimum absolute atomic E-state index is 0.00859. The monoisotopic (exact) mass is 537 g/mol. The highest BCUT2D eigenvalue weighted by Crippen LogP contribution is 2.49. The van der Waals surface area contributed by atoms with Crippen LogP contribution in [-0.4, -0.2) is 0 Å². The number of hydrogen-bond acceptors (Lipinski definition) is 1. The number of benzene rings is 7. The highest BCUT2D eigenvalue weighted by atomic mass is 14.9. The van der Waals surface area contributed by atoms with Gasteiger partial charge in [-0.25, -0.2) is 0 Å². The minimum atomic E-state index is -0.00859. The lowest BCUT2D eigenvalue weighted by Crippen LogP contribution is -2.15. The maximum atomic E-state index is 3.66. The van der Waals surface area contributed by atoms with Crippen LogP contribution in [0.15, 0.2) is 146 Å². The molecule has 0 saturated carbocycles. The fourth-order valence-electron chi connectivity index (χ4n) is 6.86. The molecule has 0 spiro atoms. The van der Waals surface area contributed by atoms with Crippen molar-refractivity contribution >= 4 is 32.9 Å². The first kappa shape index (κ1) is 24.6. The number of rotatable bonds is 4. The molecule has 1 aliphatic carbocycles. The third kappa shape index (κ3) is 3.93. The van der Waals surface area contributed by atoms with Crippen molar-refractivity contribution in [2.45, 2.75) is 19.3 Å². The third-order valence-corrected chi connectivity index (χ3v) is 9.03. The zero-order valence-corrected chi connectivity index (χ0v) is 23.9. The molecule has 0 aromatic heterocycles. The van der Waals surface area contributed by atoms with E-state index >= 15 is 0 Å². The van der Waals surface area contributed by atoms with Gasteiger partial charge in [0.15, 0.2) is 0 Å². The first-order chi connectivity index (χ1) is 20.6.